The van der Waals surface area contributed by atoms with Crippen molar-refractivity contribution in [3.8, 4) is 5.75 Å². The minimum absolute atomic E-state index is 0.226. The van der Waals surface area contributed by atoms with E-state index in [1.54, 1.807) is 37.3 Å². The third-order valence-corrected chi connectivity index (χ3v) is 3.80. The Morgan fingerprint density at radius 2 is 2.00 bits per heavy atom. The molecule has 0 spiro atoms. The monoisotopic (exact) mass is 330 g/mol. The van der Waals surface area contributed by atoms with Gasteiger partial charge in [0.2, 0.25) is 0 Å². The number of anilines is 1. The molecule has 2 N–H and O–H groups in total. The second kappa shape index (κ2) is 6.30. The van der Waals surface area contributed by atoms with Crippen LogP contribution in [0.5, 0.6) is 5.75 Å². The van der Waals surface area contributed by atoms with Crippen molar-refractivity contribution < 1.29 is 14.3 Å². The number of ether oxygens (including phenoxy) is 1. The average molecular weight is 331 g/mol. The predicted molar refractivity (Wildman–Crippen MR) is 87.8 cm³/mol. The Morgan fingerprint density at radius 3 is 2.74 bits per heavy atom. The van der Waals surface area contributed by atoms with Crippen molar-refractivity contribution in [1.29, 1.82) is 0 Å². The molecule has 0 fully saturated rings. The molecule has 2 aromatic rings. The van der Waals surface area contributed by atoms with Gasteiger partial charge in [0.15, 0.2) is 11.9 Å². The van der Waals surface area contributed by atoms with Crippen LogP contribution in [0.25, 0.3) is 0 Å². The Morgan fingerprint density at radius 1 is 1.26 bits per heavy atom. The van der Waals surface area contributed by atoms with Gasteiger partial charge in [0.05, 0.1) is 11.3 Å². The van der Waals surface area contributed by atoms with Crippen molar-refractivity contribution in [2.75, 3.05) is 5.32 Å². The molecule has 0 saturated heterocycles. The Hall–Kier alpha value is -2.53. The van der Waals surface area contributed by atoms with Crippen LogP contribution in [0, 0.1) is 0 Å². The largest absolute Gasteiger partial charge is 0.478 e. The van der Waals surface area contributed by atoms with Gasteiger partial charge in [-0.15, -0.1) is 0 Å². The first-order valence-electron chi connectivity index (χ1n) is 7.18. The molecule has 1 unspecified atom stereocenters. The molecule has 1 aliphatic heterocycles. The molecule has 0 bridgehead atoms. The van der Waals surface area contributed by atoms with Crippen LogP contribution < -0.4 is 15.4 Å². The molecule has 23 heavy (non-hydrogen) atoms. The van der Waals surface area contributed by atoms with Crippen LogP contribution in [-0.2, 0) is 11.3 Å². The summed E-state index contributed by atoms with van der Waals surface area (Å²) >= 11 is 5.84. The summed E-state index contributed by atoms with van der Waals surface area (Å²) in [5.74, 6) is -0.0930. The number of carbonyl (C=O) groups excluding carboxylic acids is 2. The summed E-state index contributed by atoms with van der Waals surface area (Å²) in [4.78, 5) is 24.0. The van der Waals surface area contributed by atoms with Gasteiger partial charge in [-0.25, -0.2) is 0 Å². The SMILES string of the molecule is CC1Oc2c(cccc2C(=O)NCc2ccc(Cl)cc2)NC1=O. The number of hydrogen-bond donors (Lipinski definition) is 2. The molecule has 0 radical (unpaired) electrons. The van der Waals surface area contributed by atoms with Crippen LogP contribution in [0.3, 0.4) is 0 Å². The predicted octanol–water partition coefficient (Wildman–Crippen LogP) is 2.99. The fourth-order valence-electron chi connectivity index (χ4n) is 2.29. The van der Waals surface area contributed by atoms with Gasteiger partial charge >= 0.3 is 0 Å². The number of hydrogen-bond acceptors (Lipinski definition) is 3. The smallest absolute Gasteiger partial charge is 0.265 e. The Balaban J connectivity index is 1.76. The average Bonchev–Trinajstić information content (AvgIpc) is 2.54. The van der Waals surface area contributed by atoms with Gasteiger partial charge in [-0.2, -0.15) is 0 Å². The van der Waals surface area contributed by atoms with Gasteiger partial charge in [0.1, 0.15) is 0 Å². The molecule has 2 amide bonds. The summed E-state index contributed by atoms with van der Waals surface area (Å²) in [6.45, 7) is 2.02. The third kappa shape index (κ3) is 3.29. The maximum Gasteiger partial charge on any atom is 0.265 e. The summed E-state index contributed by atoms with van der Waals surface area (Å²) in [6, 6.07) is 12.3. The first kappa shape index (κ1) is 15.4. The van der Waals surface area contributed by atoms with E-state index in [4.69, 9.17) is 16.3 Å². The zero-order valence-corrected chi connectivity index (χ0v) is 13.2. The van der Waals surface area contributed by atoms with E-state index in [0.29, 0.717) is 28.6 Å². The number of para-hydroxylation sites is 1. The highest BCUT2D eigenvalue weighted by molar-refractivity contribution is 6.30. The van der Waals surface area contributed by atoms with Gasteiger partial charge in [-0.3, -0.25) is 9.59 Å². The van der Waals surface area contributed by atoms with Gasteiger partial charge in [-0.1, -0.05) is 29.8 Å². The summed E-state index contributed by atoms with van der Waals surface area (Å²) in [5.41, 5.74) is 1.84. The van der Waals surface area contributed by atoms with E-state index in [-0.39, 0.29) is 11.8 Å². The molecule has 3 rings (SSSR count). The minimum atomic E-state index is -0.632. The lowest BCUT2D eigenvalue weighted by atomic mass is 10.1. The van der Waals surface area contributed by atoms with Gasteiger partial charge < -0.3 is 15.4 Å². The van der Waals surface area contributed by atoms with Crippen molar-refractivity contribution >= 4 is 29.1 Å². The van der Waals surface area contributed by atoms with Gasteiger partial charge in [-0.05, 0) is 36.8 Å². The molecule has 1 atom stereocenters. The van der Waals surface area contributed by atoms with Crippen LogP contribution >= 0.6 is 11.6 Å². The molecule has 0 aliphatic carbocycles. The zero-order chi connectivity index (χ0) is 16.4. The highest BCUT2D eigenvalue weighted by Gasteiger charge is 2.27. The Bertz CT molecular complexity index is 759. The van der Waals surface area contributed by atoms with Crippen molar-refractivity contribution in [2.24, 2.45) is 0 Å². The van der Waals surface area contributed by atoms with Crippen molar-refractivity contribution in [3.63, 3.8) is 0 Å². The molecular formula is C17H15ClN2O3. The van der Waals surface area contributed by atoms with Gasteiger partial charge in [0.25, 0.3) is 11.8 Å². The number of fused-ring (bicyclic) bond motifs is 1. The van der Waals surface area contributed by atoms with Crippen molar-refractivity contribution in [3.05, 3.63) is 58.6 Å². The molecule has 1 aliphatic rings. The minimum Gasteiger partial charge on any atom is -0.478 e. The third-order valence-electron chi connectivity index (χ3n) is 3.55. The highest BCUT2D eigenvalue weighted by atomic mass is 35.5. The van der Waals surface area contributed by atoms with Crippen LogP contribution in [0.4, 0.5) is 5.69 Å². The number of benzene rings is 2. The fourth-order valence-corrected chi connectivity index (χ4v) is 2.41. The van der Waals surface area contributed by atoms with E-state index in [1.807, 2.05) is 12.1 Å². The lowest BCUT2D eigenvalue weighted by molar-refractivity contribution is -0.122. The van der Waals surface area contributed by atoms with E-state index >= 15 is 0 Å². The summed E-state index contributed by atoms with van der Waals surface area (Å²) < 4.78 is 5.57. The van der Waals surface area contributed by atoms with Crippen molar-refractivity contribution in [1.82, 2.24) is 5.32 Å². The van der Waals surface area contributed by atoms with Crippen LogP contribution in [0.1, 0.15) is 22.8 Å². The maximum absolute atomic E-state index is 12.4. The number of nitrogens with one attached hydrogen (secondary N) is 2. The van der Waals surface area contributed by atoms with Crippen LogP contribution in [-0.4, -0.2) is 17.9 Å². The van der Waals surface area contributed by atoms with E-state index in [2.05, 4.69) is 10.6 Å². The lowest BCUT2D eigenvalue weighted by Crippen LogP contribution is -2.35. The zero-order valence-electron chi connectivity index (χ0n) is 12.4. The summed E-state index contributed by atoms with van der Waals surface area (Å²) in [7, 11) is 0. The number of rotatable bonds is 3. The maximum atomic E-state index is 12.4. The molecule has 5 nitrogen and oxygen atoms in total. The molecule has 0 aromatic heterocycles. The van der Waals surface area contributed by atoms with Crippen LogP contribution in [0.2, 0.25) is 5.02 Å². The van der Waals surface area contributed by atoms with E-state index in [1.165, 1.54) is 0 Å². The normalized spacial score (nSPS) is 16.1. The van der Waals surface area contributed by atoms with Crippen LogP contribution in [0.15, 0.2) is 42.5 Å². The van der Waals surface area contributed by atoms with Gasteiger partial charge in [0, 0.05) is 11.6 Å². The topological polar surface area (TPSA) is 67.4 Å². The standard InChI is InChI=1S/C17H15ClN2O3/c1-10-16(21)20-14-4-2-3-13(15(14)23-10)17(22)19-9-11-5-7-12(18)8-6-11/h2-8,10H,9H2,1H3,(H,19,22)(H,20,21). The van der Waals surface area contributed by atoms with Crippen molar-refractivity contribution in [2.45, 2.75) is 19.6 Å². The summed E-state index contributed by atoms with van der Waals surface area (Å²) in [6.07, 6.45) is -0.632. The number of carbonyl (C=O) groups is 2. The number of amides is 2. The molecule has 118 valence electrons. The van der Waals surface area contributed by atoms with E-state index in [9.17, 15) is 9.59 Å². The second-order valence-corrected chi connectivity index (χ2v) is 5.68. The summed E-state index contributed by atoms with van der Waals surface area (Å²) in [5, 5.41) is 6.21. The number of halogens is 1. The molecular weight excluding hydrogens is 316 g/mol. The second-order valence-electron chi connectivity index (χ2n) is 5.24. The fraction of sp³-hybridized carbons (Fsp3) is 0.176. The van der Waals surface area contributed by atoms with E-state index in [0.717, 1.165) is 5.56 Å². The first-order chi connectivity index (χ1) is 11.0. The van der Waals surface area contributed by atoms with E-state index < -0.39 is 6.10 Å². The Labute approximate surface area is 138 Å². The molecule has 0 saturated carbocycles. The quantitative estimate of drug-likeness (QED) is 0.909. The molecule has 2 aromatic carbocycles. The Kier molecular flexibility index (Phi) is 4.21. The lowest BCUT2D eigenvalue weighted by Gasteiger charge is -2.25. The highest BCUT2D eigenvalue weighted by Crippen LogP contribution is 2.33. The first-order valence-corrected chi connectivity index (χ1v) is 7.55. The molecule has 1 heterocycles. The molecule has 6 heteroatoms.